The van der Waals surface area contributed by atoms with E-state index in [2.05, 4.69) is 0 Å². The second-order valence-corrected chi connectivity index (χ2v) is 3.63. The number of carbonyl (C=O) groups is 4. The molecule has 0 bridgehead atoms. The predicted octanol–water partition coefficient (Wildman–Crippen LogP) is 2.38. The second-order valence-electron chi connectivity index (χ2n) is 3.63. The van der Waals surface area contributed by atoms with Crippen LogP contribution in [-0.2, 0) is 45.4 Å². The normalized spacial score (nSPS) is 6.12. The molecule has 4 nitrogen and oxygen atoms in total. The maximum absolute atomic E-state index is 9.44. The van der Waals surface area contributed by atoms with Gasteiger partial charge in [-0.05, 0) is 55.4 Å². The van der Waals surface area contributed by atoms with Crippen molar-refractivity contribution in [1.82, 2.24) is 0 Å². The van der Waals surface area contributed by atoms with Gasteiger partial charge in [0.05, 0.1) is 0 Å². The summed E-state index contributed by atoms with van der Waals surface area (Å²) in [5.74, 6) is 0.667. The molecule has 0 N–H and O–H groups in total. The maximum Gasteiger partial charge on any atom is 0.126 e. The fourth-order valence-corrected chi connectivity index (χ4v) is 0. The fraction of sp³-hybridized carbons (Fsp3) is 0.667. The summed E-state index contributed by atoms with van der Waals surface area (Å²) >= 11 is 0. The molecule has 0 atom stereocenters. The van der Waals surface area contributed by atoms with E-state index in [-0.39, 0.29) is 49.3 Å². The predicted molar refractivity (Wildman–Crippen MR) is 65.4 cm³/mol. The van der Waals surface area contributed by atoms with Crippen LogP contribution in [0.2, 0.25) is 0 Å². The number of hydrogen-bond acceptors (Lipinski definition) is 4. The zero-order valence-electron chi connectivity index (χ0n) is 12.1. The molecule has 0 saturated heterocycles. The molecule has 0 heterocycles. The summed E-state index contributed by atoms with van der Waals surface area (Å²) in [7, 11) is 0. The molecule has 0 aliphatic heterocycles. The first-order valence-electron chi connectivity index (χ1n) is 4.82. The van der Waals surface area contributed by atoms with Crippen LogP contribution < -0.4 is 0 Å². The van der Waals surface area contributed by atoms with Gasteiger partial charge in [0.15, 0.2) is 0 Å². The molecule has 0 aromatic heterocycles. The molecule has 0 aromatic carbocycles. The van der Waals surface area contributed by atoms with Gasteiger partial charge in [-0.2, -0.15) is 0 Å². The summed E-state index contributed by atoms with van der Waals surface area (Å²) in [6.07, 6.45) is 0. The van der Waals surface area contributed by atoms with E-state index in [0.29, 0.717) is 0 Å². The Morgan fingerprint density at radius 2 is 0.412 bits per heavy atom. The third-order valence-electron chi connectivity index (χ3n) is 0. The Kier molecular flexibility index (Phi) is 43.6. The molecule has 0 unspecified atom stereocenters. The molecule has 100 valence electrons. The van der Waals surface area contributed by atoms with E-state index < -0.39 is 0 Å². The van der Waals surface area contributed by atoms with Gasteiger partial charge >= 0.3 is 0 Å². The minimum atomic E-state index is 0. The van der Waals surface area contributed by atoms with Crippen molar-refractivity contribution in [2.24, 2.45) is 0 Å². The molecule has 17 heavy (non-hydrogen) atoms. The van der Waals surface area contributed by atoms with Crippen molar-refractivity contribution < 1.29 is 45.4 Å². The van der Waals surface area contributed by atoms with E-state index in [1.54, 1.807) is 0 Å². The van der Waals surface area contributed by atoms with Crippen molar-refractivity contribution in [3.63, 3.8) is 0 Å². The van der Waals surface area contributed by atoms with Gasteiger partial charge in [0.1, 0.15) is 23.1 Å². The first-order valence-corrected chi connectivity index (χ1v) is 4.82. The summed E-state index contributed by atoms with van der Waals surface area (Å²) in [5, 5.41) is 0. The average Bonchev–Trinajstić information content (AvgIpc) is 1.76. The summed E-state index contributed by atoms with van der Waals surface area (Å²) in [6.45, 7) is 12.2. The van der Waals surface area contributed by atoms with Gasteiger partial charge in [-0.25, -0.2) is 0 Å². The average molecular weight is 324 g/mol. The molecular formula is C12H24O4Zr. The molecular weight excluding hydrogens is 299 g/mol. The van der Waals surface area contributed by atoms with Crippen LogP contribution in [0.25, 0.3) is 0 Å². The van der Waals surface area contributed by atoms with Crippen LogP contribution in [0.15, 0.2) is 0 Å². The van der Waals surface area contributed by atoms with Crippen LogP contribution in [0.4, 0.5) is 0 Å². The SMILES string of the molecule is CC(C)=O.CC(C)=O.CC(C)=O.CC(C)=O.[Zr]. The van der Waals surface area contributed by atoms with Crippen molar-refractivity contribution in [2.75, 3.05) is 0 Å². The summed E-state index contributed by atoms with van der Waals surface area (Å²) in [5.41, 5.74) is 0. The Morgan fingerprint density at radius 1 is 0.412 bits per heavy atom. The fourth-order valence-electron chi connectivity index (χ4n) is 0. The molecule has 0 spiro atoms. The Bertz CT molecular complexity index is 159. The van der Waals surface area contributed by atoms with Gasteiger partial charge in [-0.3, -0.25) is 0 Å². The Hall–Kier alpha value is -0.437. The number of hydrogen-bond donors (Lipinski definition) is 0. The maximum atomic E-state index is 9.44. The third kappa shape index (κ3) is 15000. The monoisotopic (exact) mass is 322 g/mol. The van der Waals surface area contributed by atoms with E-state index in [1.165, 1.54) is 55.4 Å². The first-order chi connectivity index (χ1) is 6.93. The number of carbonyl (C=O) groups excluding carboxylic acids is 4. The van der Waals surface area contributed by atoms with Crippen molar-refractivity contribution >= 4 is 23.1 Å². The molecule has 0 aromatic rings. The van der Waals surface area contributed by atoms with Crippen molar-refractivity contribution in [2.45, 2.75) is 55.4 Å². The van der Waals surface area contributed by atoms with Crippen LogP contribution in [0.3, 0.4) is 0 Å². The van der Waals surface area contributed by atoms with Gasteiger partial charge < -0.3 is 19.2 Å². The Morgan fingerprint density at radius 3 is 0.412 bits per heavy atom. The van der Waals surface area contributed by atoms with Crippen molar-refractivity contribution in [1.29, 1.82) is 0 Å². The van der Waals surface area contributed by atoms with Crippen LogP contribution in [0.1, 0.15) is 55.4 Å². The van der Waals surface area contributed by atoms with Gasteiger partial charge in [-0.1, -0.05) is 0 Å². The summed E-state index contributed by atoms with van der Waals surface area (Å²) < 4.78 is 0. The Balaban J connectivity index is -0.0000000369. The number of Topliss-reactive ketones (excluding diaryl/α,β-unsaturated/α-hetero) is 4. The summed E-state index contributed by atoms with van der Waals surface area (Å²) in [4.78, 5) is 37.8. The van der Waals surface area contributed by atoms with Gasteiger partial charge in [0.2, 0.25) is 0 Å². The molecule has 0 rings (SSSR count). The largest absolute Gasteiger partial charge is 0.300 e. The topological polar surface area (TPSA) is 68.3 Å². The molecule has 0 aliphatic carbocycles. The smallest absolute Gasteiger partial charge is 0.126 e. The zero-order valence-corrected chi connectivity index (χ0v) is 14.6. The van der Waals surface area contributed by atoms with Gasteiger partial charge in [-0.15, -0.1) is 0 Å². The van der Waals surface area contributed by atoms with E-state index in [4.69, 9.17) is 0 Å². The minimum absolute atomic E-state index is 0. The first kappa shape index (κ1) is 30.0. The minimum Gasteiger partial charge on any atom is -0.300 e. The van der Waals surface area contributed by atoms with E-state index in [0.717, 1.165) is 0 Å². The third-order valence-corrected chi connectivity index (χ3v) is 0. The van der Waals surface area contributed by atoms with Gasteiger partial charge in [0.25, 0.3) is 0 Å². The number of ketones is 4. The van der Waals surface area contributed by atoms with Crippen molar-refractivity contribution in [3.8, 4) is 0 Å². The van der Waals surface area contributed by atoms with Crippen molar-refractivity contribution in [3.05, 3.63) is 0 Å². The number of rotatable bonds is 0. The van der Waals surface area contributed by atoms with E-state index >= 15 is 0 Å². The standard InChI is InChI=1S/4C3H6O.Zr/c4*1-3(2)4;/h4*1-2H3;. The Labute approximate surface area is 124 Å². The van der Waals surface area contributed by atoms with Crippen LogP contribution in [0, 0.1) is 0 Å². The van der Waals surface area contributed by atoms with Crippen LogP contribution in [0.5, 0.6) is 0 Å². The van der Waals surface area contributed by atoms with E-state index in [1.807, 2.05) is 0 Å². The molecule has 5 heteroatoms. The van der Waals surface area contributed by atoms with Gasteiger partial charge in [0, 0.05) is 26.2 Å². The van der Waals surface area contributed by atoms with Crippen LogP contribution in [-0.4, -0.2) is 23.1 Å². The molecule has 0 saturated carbocycles. The van der Waals surface area contributed by atoms with Crippen LogP contribution >= 0.6 is 0 Å². The zero-order chi connectivity index (χ0) is 14.3. The summed E-state index contributed by atoms with van der Waals surface area (Å²) in [6, 6.07) is 0. The molecule has 0 aliphatic rings. The molecule has 0 radical (unpaired) electrons. The second kappa shape index (κ2) is 24.7. The quantitative estimate of drug-likeness (QED) is 0.686. The molecule has 0 fully saturated rings. The van der Waals surface area contributed by atoms with E-state index in [9.17, 15) is 19.2 Å². The molecule has 0 amide bonds.